The average molecular weight is 295 g/mol. The van der Waals surface area contributed by atoms with Gasteiger partial charge in [-0.2, -0.15) is 0 Å². The minimum Gasteiger partial charge on any atom is -0.497 e. The van der Waals surface area contributed by atoms with Crippen molar-refractivity contribution in [3.8, 4) is 5.75 Å². The quantitative estimate of drug-likeness (QED) is 0.332. The van der Waals surface area contributed by atoms with Gasteiger partial charge in [0.1, 0.15) is 5.75 Å². The second-order valence-electron chi connectivity index (χ2n) is 5.23. The van der Waals surface area contributed by atoms with Crippen LogP contribution in [0.1, 0.15) is 58.3 Å². The van der Waals surface area contributed by atoms with Crippen LogP contribution in [0.4, 0.5) is 5.69 Å². The number of hydrogen-bond acceptors (Lipinski definition) is 3. The summed E-state index contributed by atoms with van der Waals surface area (Å²) in [6.07, 6.45) is 10.9. The molecule has 0 unspecified atom stereocenters. The van der Waals surface area contributed by atoms with Gasteiger partial charge in [0, 0.05) is 10.6 Å². The second-order valence-corrected chi connectivity index (χ2v) is 6.36. The first-order valence-electron chi connectivity index (χ1n) is 7.84. The highest BCUT2D eigenvalue weighted by atomic mass is 32.2. The van der Waals surface area contributed by atoms with E-state index < -0.39 is 0 Å². The van der Waals surface area contributed by atoms with Crippen molar-refractivity contribution in [2.24, 2.45) is 0 Å². The Balaban J connectivity index is 2.09. The molecule has 1 rings (SSSR count). The topological polar surface area (TPSA) is 35.2 Å². The highest BCUT2D eigenvalue weighted by Crippen LogP contribution is 2.29. The molecule has 0 bridgehead atoms. The van der Waals surface area contributed by atoms with E-state index in [9.17, 15) is 0 Å². The summed E-state index contributed by atoms with van der Waals surface area (Å²) < 4.78 is 5.23. The molecule has 0 fully saturated rings. The smallest absolute Gasteiger partial charge is 0.120 e. The lowest BCUT2D eigenvalue weighted by Gasteiger charge is -2.07. The maximum Gasteiger partial charge on any atom is 0.120 e. The molecule has 20 heavy (non-hydrogen) atoms. The fourth-order valence-corrected chi connectivity index (χ4v) is 3.19. The van der Waals surface area contributed by atoms with Crippen molar-refractivity contribution in [3.63, 3.8) is 0 Å². The van der Waals surface area contributed by atoms with E-state index in [1.165, 1.54) is 51.4 Å². The Hall–Kier alpha value is -0.830. The number of methoxy groups -OCH3 is 1. The van der Waals surface area contributed by atoms with Crippen molar-refractivity contribution in [2.75, 3.05) is 18.6 Å². The van der Waals surface area contributed by atoms with E-state index in [2.05, 4.69) is 6.92 Å². The van der Waals surface area contributed by atoms with Crippen molar-refractivity contribution < 1.29 is 4.74 Å². The average Bonchev–Trinajstić information content (AvgIpc) is 2.47. The molecule has 3 heteroatoms. The molecule has 0 saturated carbocycles. The van der Waals surface area contributed by atoms with Gasteiger partial charge in [-0.1, -0.05) is 51.9 Å². The third kappa shape index (κ3) is 7.09. The third-order valence-corrected chi connectivity index (χ3v) is 4.63. The van der Waals surface area contributed by atoms with Crippen LogP contribution >= 0.6 is 11.8 Å². The molecule has 1 aromatic rings. The van der Waals surface area contributed by atoms with Crippen LogP contribution in [0, 0.1) is 0 Å². The Kier molecular flexibility index (Phi) is 9.38. The van der Waals surface area contributed by atoms with Crippen LogP contribution in [-0.4, -0.2) is 12.9 Å². The summed E-state index contributed by atoms with van der Waals surface area (Å²) in [5.74, 6) is 2.03. The molecule has 0 atom stereocenters. The van der Waals surface area contributed by atoms with Crippen LogP contribution in [0.15, 0.2) is 23.1 Å². The largest absolute Gasteiger partial charge is 0.497 e. The number of nitrogen functional groups attached to an aromatic ring is 1. The van der Waals surface area contributed by atoms with Gasteiger partial charge in [-0.3, -0.25) is 0 Å². The van der Waals surface area contributed by atoms with Crippen LogP contribution in [0.5, 0.6) is 5.75 Å². The SMILES string of the molecule is CCCCCCCCCCSc1cc(OC)ccc1N. The zero-order valence-electron chi connectivity index (χ0n) is 13.0. The third-order valence-electron chi connectivity index (χ3n) is 3.48. The van der Waals surface area contributed by atoms with Crippen LogP contribution in [-0.2, 0) is 0 Å². The van der Waals surface area contributed by atoms with E-state index in [-0.39, 0.29) is 0 Å². The molecule has 0 heterocycles. The Labute approximate surface area is 128 Å². The van der Waals surface area contributed by atoms with Crippen molar-refractivity contribution in [2.45, 2.75) is 63.2 Å². The lowest BCUT2D eigenvalue weighted by molar-refractivity contribution is 0.414. The predicted molar refractivity (Wildman–Crippen MR) is 90.7 cm³/mol. The molecule has 0 radical (unpaired) electrons. The number of rotatable bonds is 11. The van der Waals surface area contributed by atoms with Crippen molar-refractivity contribution in [1.29, 1.82) is 0 Å². The van der Waals surface area contributed by atoms with Gasteiger partial charge in [0.2, 0.25) is 0 Å². The summed E-state index contributed by atoms with van der Waals surface area (Å²) in [5, 5.41) is 0. The summed E-state index contributed by atoms with van der Waals surface area (Å²) >= 11 is 1.84. The Morgan fingerprint density at radius 3 is 2.30 bits per heavy atom. The molecule has 2 N–H and O–H groups in total. The monoisotopic (exact) mass is 295 g/mol. The van der Waals surface area contributed by atoms with Gasteiger partial charge < -0.3 is 10.5 Å². The van der Waals surface area contributed by atoms with Crippen molar-refractivity contribution >= 4 is 17.4 Å². The summed E-state index contributed by atoms with van der Waals surface area (Å²) in [6, 6.07) is 5.87. The molecule has 0 saturated heterocycles. The first-order chi connectivity index (χ1) is 9.77. The first kappa shape index (κ1) is 17.2. The van der Waals surface area contributed by atoms with E-state index in [0.29, 0.717) is 0 Å². The van der Waals surface area contributed by atoms with Crippen LogP contribution < -0.4 is 10.5 Å². The minimum atomic E-state index is 0.857. The molecule has 0 aromatic heterocycles. The van der Waals surface area contributed by atoms with Gasteiger partial charge >= 0.3 is 0 Å². The number of nitrogens with two attached hydrogens (primary N) is 1. The number of anilines is 1. The van der Waals surface area contributed by atoms with Gasteiger partial charge in [-0.05, 0) is 30.4 Å². The summed E-state index contributed by atoms with van der Waals surface area (Å²) in [4.78, 5) is 1.15. The zero-order valence-corrected chi connectivity index (χ0v) is 13.8. The maximum atomic E-state index is 5.98. The predicted octanol–water partition coefficient (Wildman–Crippen LogP) is 5.51. The van der Waals surface area contributed by atoms with E-state index in [4.69, 9.17) is 10.5 Å². The highest BCUT2D eigenvalue weighted by Gasteiger charge is 2.02. The molecule has 0 spiro atoms. The number of thioether (sulfide) groups is 1. The van der Waals surface area contributed by atoms with E-state index in [1.807, 2.05) is 30.0 Å². The number of benzene rings is 1. The maximum absolute atomic E-state index is 5.98. The van der Waals surface area contributed by atoms with Crippen molar-refractivity contribution in [1.82, 2.24) is 0 Å². The van der Waals surface area contributed by atoms with Gasteiger partial charge in [-0.25, -0.2) is 0 Å². The lowest BCUT2D eigenvalue weighted by atomic mass is 10.1. The Morgan fingerprint density at radius 1 is 1.00 bits per heavy atom. The zero-order chi connectivity index (χ0) is 14.6. The molecular weight excluding hydrogens is 266 g/mol. The van der Waals surface area contributed by atoms with Gasteiger partial charge in [0.05, 0.1) is 7.11 Å². The van der Waals surface area contributed by atoms with Crippen LogP contribution in [0.3, 0.4) is 0 Å². The standard InChI is InChI=1S/C17H29NOS/c1-3-4-5-6-7-8-9-10-13-20-17-14-15(19-2)11-12-16(17)18/h11-12,14H,3-10,13,18H2,1-2H3. The normalized spacial score (nSPS) is 10.7. The van der Waals surface area contributed by atoms with E-state index >= 15 is 0 Å². The summed E-state index contributed by atoms with van der Waals surface area (Å²) in [6.45, 7) is 2.27. The van der Waals surface area contributed by atoms with E-state index in [0.717, 1.165) is 22.1 Å². The number of unbranched alkanes of at least 4 members (excludes halogenated alkanes) is 7. The molecule has 0 aliphatic heterocycles. The minimum absolute atomic E-state index is 0.857. The number of hydrogen-bond donors (Lipinski definition) is 1. The fraction of sp³-hybridized carbons (Fsp3) is 0.647. The van der Waals surface area contributed by atoms with E-state index in [1.54, 1.807) is 7.11 Å². The fourth-order valence-electron chi connectivity index (χ4n) is 2.18. The second kappa shape index (κ2) is 10.9. The lowest BCUT2D eigenvalue weighted by Crippen LogP contribution is -1.91. The molecule has 0 amide bonds. The Bertz CT molecular complexity index is 368. The molecule has 2 nitrogen and oxygen atoms in total. The number of ether oxygens (including phenoxy) is 1. The van der Waals surface area contributed by atoms with Crippen LogP contribution in [0.25, 0.3) is 0 Å². The van der Waals surface area contributed by atoms with Crippen molar-refractivity contribution in [3.05, 3.63) is 18.2 Å². The first-order valence-corrected chi connectivity index (χ1v) is 8.82. The molecule has 0 aliphatic carbocycles. The summed E-state index contributed by atoms with van der Waals surface area (Å²) in [7, 11) is 1.69. The molecular formula is C17H29NOS. The van der Waals surface area contributed by atoms with Gasteiger partial charge in [0.25, 0.3) is 0 Å². The molecule has 1 aromatic carbocycles. The molecule has 0 aliphatic rings. The van der Waals surface area contributed by atoms with Gasteiger partial charge in [0.15, 0.2) is 0 Å². The van der Waals surface area contributed by atoms with Gasteiger partial charge in [-0.15, -0.1) is 11.8 Å². The molecule has 114 valence electrons. The Morgan fingerprint density at radius 2 is 1.65 bits per heavy atom. The highest BCUT2D eigenvalue weighted by molar-refractivity contribution is 7.99. The summed E-state index contributed by atoms with van der Waals surface area (Å²) in [5.41, 5.74) is 6.83. The van der Waals surface area contributed by atoms with Crippen LogP contribution in [0.2, 0.25) is 0 Å².